The van der Waals surface area contributed by atoms with E-state index in [0.717, 1.165) is 0 Å². The van der Waals surface area contributed by atoms with Crippen LogP contribution in [0.3, 0.4) is 0 Å². The highest BCUT2D eigenvalue weighted by atomic mass is 13.3. The van der Waals surface area contributed by atoms with Gasteiger partial charge < -0.3 is 0 Å². The molecule has 0 aromatic carbocycles. The van der Waals surface area contributed by atoms with Crippen LogP contribution in [0.1, 0.15) is 0 Å². The van der Waals surface area contributed by atoms with Crippen LogP contribution < -0.4 is 0 Å². The average Bonchev–Trinajstić information content (AvgIpc) is 2.40. The van der Waals surface area contributed by atoms with Crippen LogP contribution in [-0.2, 0) is 0 Å². The summed E-state index contributed by atoms with van der Waals surface area (Å²) in [5.41, 5.74) is 0. The van der Waals surface area contributed by atoms with Gasteiger partial charge in [0.05, 0.1) is 0 Å². The van der Waals surface area contributed by atoms with Crippen LogP contribution in [0.5, 0.6) is 0 Å². The minimum atomic E-state index is -0.955. The first-order valence-electron chi connectivity index (χ1n) is 8.48. The molecule has 26 heavy (non-hydrogen) atoms. The lowest BCUT2D eigenvalue weighted by Gasteiger charge is -2.47. The lowest BCUT2D eigenvalue weighted by atomic mass is 8.34. The summed E-state index contributed by atoms with van der Waals surface area (Å²) in [6.07, 6.45) is -9.45. The summed E-state index contributed by atoms with van der Waals surface area (Å²) in [7, 11) is 79.5. The summed E-state index contributed by atoms with van der Waals surface area (Å²) in [5.74, 6) is 0. The Balaban J connectivity index is 6.53. The molecule has 26 heteroatoms. The van der Waals surface area contributed by atoms with Gasteiger partial charge in [0.1, 0.15) is 0 Å². The molecule has 80 valence electrons. The first kappa shape index (κ1) is 27.7. The number of rotatable bonds is 11. The molecule has 0 aliphatic carbocycles. The Morgan fingerprint density at radius 1 is 0.308 bits per heavy atom. The quantitative estimate of drug-likeness (QED) is 0.330. The van der Waals surface area contributed by atoms with E-state index in [2.05, 4.69) is 15.5 Å². The van der Waals surface area contributed by atoms with Crippen molar-refractivity contribution in [2.24, 2.45) is 0 Å². The van der Waals surface area contributed by atoms with Crippen molar-refractivity contribution in [3.63, 3.8) is 0 Å². The van der Waals surface area contributed by atoms with E-state index >= 15 is 0 Å². The highest BCUT2D eigenvalue weighted by molar-refractivity contribution is 8.25. The molecule has 0 saturated heterocycles. The molecule has 0 saturated carbocycles. The molecule has 0 amide bonds. The van der Waals surface area contributed by atoms with Gasteiger partial charge in [-0.25, -0.2) is 0 Å². The minimum absolute atomic E-state index is 0.482. The van der Waals surface area contributed by atoms with Crippen molar-refractivity contribution < 1.29 is 0 Å². The molecule has 0 aromatic rings. The fraction of sp³-hybridized carbons (Fsp3) is 0. The number of hydrogen-bond donors (Lipinski definition) is 0. The maximum Gasteiger partial charge on any atom is 0.0326 e. The molecule has 0 fully saturated rings. The van der Waals surface area contributed by atoms with Gasteiger partial charge in [-0.15, -0.1) is 0 Å². The highest BCUT2D eigenvalue weighted by Gasteiger charge is 2.49. The van der Waals surface area contributed by atoms with E-state index < -0.39 is 76.6 Å². The molecule has 0 N–H and O–H groups in total. The molecule has 0 aromatic heterocycles. The van der Waals surface area contributed by atoms with Crippen LogP contribution in [0, 0.1) is 0 Å². The van der Waals surface area contributed by atoms with E-state index in [1.807, 2.05) is 0 Å². The zero-order valence-electron chi connectivity index (χ0n) is 15.3. The second kappa shape index (κ2) is 12.4. The number of hydrogen-bond acceptors (Lipinski definition) is 0. The van der Waals surface area contributed by atoms with E-state index in [-0.39, 0.29) is 0 Å². The summed E-state index contributed by atoms with van der Waals surface area (Å²) in [6, 6.07) is 0. The molecule has 0 rings (SSSR count). The van der Waals surface area contributed by atoms with Gasteiger partial charge in [-0.2, -0.15) is 0 Å². The second-order valence-electron chi connectivity index (χ2n) is 7.11. The maximum absolute atomic E-state index is 6.07. The second-order valence-corrected chi connectivity index (χ2v) is 7.11. The van der Waals surface area contributed by atoms with E-state index in [1.54, 1.807) is 0 Å². The average molecular weight is 283 g/mol. The molecular formula is H2B26. The Labute approximate surface area is 184 Å². The molecule has 0 spiro atoms. The predicted molar refractivity (Wildman–Crippen MR) is 152 cm³/mol. The molecule has 26 radical (unpaired) electrons. The normalized spacial score (nSPS) is 9.38. The zero-order valence-corrected chi connectivity index (χ0v) is 15.3. The van der Waals surface area contributed by atoms with Crippen molar-refractivity contribution in [2.45, 2.75) is 0 Å². The highest BCUT2D eigenvalue weighted by Crippen LogP contribution is 2.11. The third-order valence-electron chi connectivity index (χ3n) is 4.99. The smallest absolute Gasteiger partial charge is 0.0000000000000235 e. The van der Waals surface area contributed by atoms with Gasteiger partial charge in [0.2, 0.25) is 0 Å². The lowest BCUT2D eigenvalue weighted by molar-refractivity contribution is 3.28. The van der Waals surface area contributed by atoms with Crippen LogP contribution in [0.25, 0.3) is 0 Å². The third kappa shape index (κ3) is 7.50. The van der Waals surface area contributed by atoms with Crippen molar-refractivity contribution in [1.82, 2.24) is 0 Å². The fourth-order valence-electron chi connectivity index (χ4n) is 3.96. The first-order chi connectivity index (χ1) is 11.7. The standard InChI is InChI=1S/B26H2/c1-15(2)22(16(3)4)25(21(13)14)26(23(17(5)6)18(7)8)24(19(9)10)20(11)12/h1-2H. The molecule has 0 heterocycles. The molecule has 0 aliphatic rings. The van der Waals surface area contributed by atoms with E-state index in [9.17, 15) is 0 Å². The van der Waals surface area contributed by atoms with Crippen molar-refractivity contribution in [2.75, 3.05) is 0 Å². The molecule has 0 atom stereocenters. The third-order valence-corrected chi connectivity index (χ3v) is 4.99. The van der Waals surface area contributed by atoms with Crippen LogP contribution in [-0.4, -0.2) is 185 Å². The first-order valence-corrected chi connectivity index (χ1v) is 8.48. The topological polar surface area (TPSA) is 0 Å². The van der Waals surface area contributed by atoms with Gasteiger partial charge in [-0.05, 0) is 0 Å². The minimum Gasteiger partial charge on any atom is 0.0000000000000235 e. The maximum atomic E-state index is 6.07. The Kier molecular flexibility index (Phi) is 13.2. The van der Waals surface area contributed by atoms with E-state index in [1.165, 1.54) is 0 Å². The van der Waals surface area contributed by atoms with E-state index in [4.69, 9.17) is 92.8 Å². The van der Waals surface area contributed by atoms with Gasteiger partial charge in [0.15, 0.2) is 0 Å². The van der Waals surface area contributed by atoms with Crippen LogP contribution in [0.4, 0.5) is 0 Å². The fourth-order valence-corrected chi connectivity index (χ4v) is 3.96. The lowest BCUT2D eigenvalue weighted by Crippen LogP contribution is -2.86. The van der Waals surface area contributed by atoms with Gasteiger partial charge in [-0.1, -0.05) is 0 Å². The Bertz CT molecular complexity index is 314. The van der Waals surface area contributed by atoms with Crippen molar-refractivity contribution in [3.8, 4) is 0 Å². The summed E-state index contributed by atoms with van der Waals surface area (Å²) in [4.78, 5) is 0. The van der Waals surface area contributed by atoms with Crippen molar-refractivity contribution >= 4 is 185 Å². The molecule has 0 aliphatic heterocycles. The van der Waals surface area contributed by atoms with Crippen molar-refractivity contribution in [1.29, 1.82) is 0 Å². The summed E-state index contributed by atoms with van der Waals surface area (Å²) >= 11 is 0. The Morgan fingerprint density at radius 2 is 0.538 bits per heavy atom. The monoisotopic (exact) mass is 288 g/mol. The van der Waals surface area contributed by atoms with Crippen LogP contribution >= 0.6 is 0 Å². The van der Waals surface area contributed by atoms with Gasteiger partial charge in [-0.3, -0.25) is 0 Å². The van der Waals surface area contributed by atoms with Crippen LogP contribution in [0.15, 0.2) is 0 Å². The zero-order chi connectivity index (χ0) is 20.9. The molecular weight excluding hydrogens is 281 g/mol. The molecule has 0 unspecified atom stereocenters. The Morgan fingerprint density at radius 3 is 0.692 bits per heavy atom. The molecule has 0 nitrogen and oxygen atoms in total. The molecule has 0 bridgehead atoms. The largest absolute Gasteiger partial charge is 0.0326 e. The van der Waals surface area contributed by atoms with Crippen LogP contribution in [0.2, 0.25) is 0 Å². The van der Waals surface area contributed by atoms with Crippen molar-refractivity contribution in [3.05, 3.63) is 0 Å². The van der Waals surface area contributed by atoms with E-state index in [0.29, 0.717) is 0 Å². The van der Waals surface area contributed by atoms with Gasteiger partial charge in [0.25, 0.3) is 0 Å². The summed E-state index contributed by atoms with van der Waals surface area (Å²) < 4.78 is 0. The van der Waals surface area contributed by atoms with Gasteiger partial charge in [0, 0.05) is 185 Å². The predicted octanol–water partition coefficient (Wildman–Crippen LogP) is -10.4. The SMILES string of the molecule is [B]B([B])B(B([B])[B])B(B(B([B])[B])B([B])[B])B(B([B])[B])B(B([B])[B])B([BH])[BH]. The van der Waals surface area contributed by atoms with Gasteiger partial charge >= 0.3 is 0 Å². The Hall–Kier alpha value is 1.69. The summed E-state index contributed by atoms with van der Waals surface area (Å²) in [5, 5.41) is 0. The summed E-state index contributed by atoms with van der Waals surface area (Å²) in [6.45, 7) is 0.